The molecule has 0 aliphatic carbocycles. The summed E-state index contributed by atoms with van der Waals surface area (Å²) in [6, 6.07) is 1.74. The van der Waals surface area contributed by atoms with Crippen LogP contribution in [-0.4, -0.2) is 0 Å². The lowest BCUT2D eigenvalue weighted by Crippen LogP contribution is -1.74. The van der Waals surface area contributed by atoms with Crippen molar-refractivity contribution in [2.45, 2.75) is 0 Å². The van der Waals surface area contributed by atoms with Crippen LogP contribution in [0.2, 0.25) is 0 Å². The second kappa shape index (κ2) is 2.34. The van der Waals surface area contributed by atoms with Crippen LogP contribution in [-0.2, 0) is 0 Å². The van der Waals surface area contributed by atoms with E-state index in [1.807, 2.05) is 5.38 Å². The van der Waals surface area contributed by atoms with Gasteiger partial charge in [0.15, 0.2) is 5.75 Å². The molecular weight excluding hydrogens is 122 g/mol. The van der Waals surface area contributed by atoms with Gasteiger partial charge < -0.3 is 4.74 Å². The molecule has 40 valence electrons. The van der Waals surface area contributed by atoms with Crippen LogP contribution < -0.4 is 4.74 Å². The molecule has 0 N–H and O–H groups in total. The summed E-state index contributed by atoms with van der Waals surface area (Å²) in [6.07, 6.45) is 1.58. The number of nitriles is 1. The lowest BCUT2D eigenvalue weighted by molar-refractivity contribution is 0.510. The summed E-state index contributed by atoms with van der Waals surface area (Å²) in [5.74, 6) is 0.623. The molecule has 0 radical (unpaired) electrons. The minimum atomic E-state index is 0.623. The average molecular weight is 125 g/mol. The maximum atomic E-state index is 7.97. The first-order chi connectivity index (χ1) is 3.93. The molecule has 0 aliphatic rings. The molecule has 1 rings (SSSR count). The number of ether oxygens (including phenoxy) is 1. The largest absolute Gasteiger partial charge is 0.387 e. The van der Waals surface area contributed by atoms with Crippen LogP contribution in [0, 0.1) is 11.5 Å². The second-order valence-corrected chi connectivity index (χ2v) is 1.93. The van der Waals surface area contributed by atoms with E-state index >= 15 is 0 Å². The standard InChI is InChI=1S/C5H3NOS/c6-4-7-5-1-2-8-3-5/h1-3H. The van der Waals surface area contributed by atoms with Crippen LogP contribution in [0.5, 0.6) is 5.75 Å². The van der Waals surface area contributed by atoms with Crippen LogP contribution in [0.25, 0.3) is 0 Å². The first-order valence-electron chi connectivity index (χ1n) is 2.01. The van der Waals surface area contributed by atoms with Crippen molar-refractivity contribution in [2.24, 2.45) is 0 Å². The molecule has 0 unspecified atom stereocenters. The Morgan fingerprint density at radius 3 is 3.12 bits per heavy atom. The predicted octanol–water partition coefficient (Wildman–Crippen LogP) is 1.61. The molecule has 0 saturated heterocycles. The zero-order valence-corrected chi connectivity index (χ0v) is 4.81. The zero-order valence-electron chi connectivity index (χ0n) is 4.00. The second-order valence-electron chi connectivity index (χ2n) is 1.15. The Balaban J connectivity index is 2.67. The third kappa shape index (κ3) is 0.983. The van der Waals surface area contributed by atoms with Crippen molar-refractivity contribution in [2.75, 3.05) is 0 Å². The first kappa shape index (κ1) is 5.13. The summed E-state index contributed by atoms with van der Waals surface area (Å²) in [5, 5.41) is 11.6. The molecule has 8 heavy (non-hydrogen) atoms. The van der Waals surface area contributed by atoms with E-state index in [0.29, 0.717) is 5.75 Å². The van der Waals surface area contributed by atoms with Crippen LogP contribution in [0.3, 0.4) is 0 Å². The quantitative estimate of drug-likeness (QED) is 0.534. The predicted molar refractivity (Wildman–Crippen MR) is 30.6 cm³/mol. The summed E-state index contributed by atoms with van der Waals surface area (Å²) in [7, 11) is 0. The van der Waals surface area contributed by atoms with Crippen LogP contribution >= 0.6 is 11.3 Å². The molecule has 1 aromatic rings. The molecule has 0 spiro atoms. The number of nitrogens with zero attached hydrogens (tertiary/aromatic N) is 1. The smallest absolute Gasteiger partial charge is 0.292 e. The third-order valence-corrected chi connectivity index (χ3v) is 1.32. The highest BCUT2D eigenvalue weighted by Gasteiger charge is 1.87. The molecule has 0 saturated carbocycles. The SMILES string of the molecule is N#COc1ccsc1. The van der Waals surface area contributed by atoms with Crippen molar-refractivity contribution in [1.29, 1.82) is 5.26 Å². The summed E-state index contributed by atoms with van der Waals surface area (Å²) in [4.78, 5) is 0. The summed E-state index contributed by atoms with van der Waals surface area (Å²) < 4.78 is 4.46. The number of hydrogen-bond donors (Lipinski definition) is 0. The molecule has 0 amide bonds. The summed E-state index contributed by atoms with van der Waals surface area (Å²) >= 11 is 1.50. The highest BCUT2D eigenvalue weighted by Crippen LogP contribution is 2.13. The maximum absolute atomic E-state index is 7.97. The van der Waals surface area contributed by atoms with Crippen molar-refractivity contribution in [3.05, 3.63) is 16.8 Å². The Morgan fingerprint density at radius 2 is 2.62 bits per heavy atom. The highest BCUT2D eigenvalue weighted by atomic mass is 32.1. The molecule has 2 nitrogen and oxygen atoms in total. The van der Waals surface area contributed by atoms with Gasteiger partial charge in [-0.05, 0) is 11.4 Å². The Hall–Kier alpha value is -1.01. The van der Waals surface area contributed by atoms with Gasteiger partial charge in [-0.2, -0.15) is 0 Å². The van der Waals surface area contributed by atoms with E-state index in [0.717, 1.165) is 0 Å². The van der Waals surface area contributed by atoms with Crippen molar-refractivity contribution < 1.29 is 4.74 Å². The van der Waals surface area contributed by atoms with Gasteiger partial charge in [0.2, 0.25) is 0 Å². The fourth-order valence-electron chi connectivity index (χ4n) is 0.363. The van der Waals surface area contributed by atoms with Crippen molar-refractivity contribution in [3.63, 3.8) is 0 Å². The van der Waals surface area contributed by atoms with Gasteiger partial charge >= 0.3 is 0 Å². The van der Waals surface area contributed by atoms with Gasteiger partial charge in [0.1, 0.15) is 0 Å². The maximum Gasteiger partial charge on any atom is 0.292 e. The number of hydrogen-bond acceptors (Lipinski definition) is 3. The van der Waals surface area contributed by atoms with Crippen molar-refractivity contribution >= 4 is 11.3 Å². The number of rotatable bonds is 1. The van der Waals surface area contributed by atoms with E-state index in [1.54, 1.807) is 17.7 Å². The summed E-state index contributed by atoms with van der Waals surface area (Å²) in [5.41, 5.74) is 0. The fraction of sp³-hybridized carbons (Fsp3) is 0. The Kier molecular flexibility index (Phi) is 1.50. The van der Waals surface area contributed by atoms with E-state index < -0.39 is 0 Å². The van der Waals surface area contributed by atoms with E-state index in [2.05, 4.69) is 4.74 Å². The molecule has 0 atom stereocenters. The molecule has 1 heterocycles. The molecule has 0 bridgehead atoms. The fourth-order valence-corrected chi connectivity index (χ4v) is 0.915. The van der Waals surface area contributed by atoms with Gasteiger partial charge in [-0.15, -0.1) is 16.6 Å². The van der Waals surface area contributed by atoms with Crippen LogP contribution in [0.15, 0.2) is 16.8 Å². The number of thiophene rings is 1. The average Bonchev–Trinajstić information content (AvgIpc) is 2.19. The first-order valence-corrected chi connectivity index (χ1v) is 2.96. The molecule has 0 aromatic carbocycles. The van der Waals surface area contributed by atoms with Gasteiger partial charge in [0.05, 0.1) is 0 Å². The molecule has 1 aromatic heterocycles. The van der Waals surface area contributed by atoms with Crippen molar-refractivity contribution in [1.82, 2.24) is 0 Å². The third-order valence-electron chi connectivity index (χ3n) is 0.659. The zero-order chi connectivity index (χ0) is 5.82. The molecule has 0 aliphatic heterocycles. The summed E-state index contributed by atoms with van der Waals surface area (Å²) in [6.45, 7) is 0. The Bertz CT molecular complexity index is 187. The lowest BCUT2D eigenvalue weighted by atomic mass is 10.6. The van der Waals surface area contributed by atoms with Crippen LogP contribution in [0.1, 0.15) is 0 Å². The van der Waals surface area contributed by atoms with Crippen LogP contribution in [0.4, 0.5) is 0 Å². The highest BCUT2D eigenvalue weighted by molar-refractivity contribution is 7.08. The van der Waals surface area contributed by atoms with E-state index in [9.17, 15) is 0 Å². The Morgan fingerprint density at radius 1 is 1.75 bits per heavy atom. The van der Waals surface area contributed by atoms with Gasteiger partial charge in [-0.25, -0.2) is 0 Å². The minimum absolute atomic E-state index is 0.623. The molecule has 0 fully saturated rings. The van der Waals surface area contributed by atoms with E-state index in [4.69, 9.17) is 5.26 Å². The normalized spacial score (nSPS) is 7.88. The van der Waals surface area contributed by atoms with E-state index in [1.165, 1.54) is 11.3 Å². The minimum Gasteiger partial charge on any atom is -0.387 e. The topological polar surface area (TPSA) is 33.0 Å². The van der Waals surface area contributed by atoms with Crippen molar-refractivity contribution in [3.8, 4) is 12.0 Å². The Labute approximate surface area is 50.9 Å². The molecule has 3 heteroatoms. The monoisotopic (exact) mass is 125 g/mol. The molecular formula is C5H3NOS. The van der Waals surface area contributed by atoms with Gasteiger partial charge in [-0.3, -0.25) is 0 Å². The van der Waals surface area contributed by atoms with Gasteiger partial charge in [0, 0.05) is 5.38 Å². The van der Waals surface area contributed by atoms with E-state index in [-0.39, 0.29) is 0 Å². The van der Waals surface area contributed by atoms with Gasteiger partial charge in [-0.1, -0.05) is 0 Å². The lowest BCUT2D eigenvalue weighted by Gasteiger charge is -1.81. The van der Waals surface area contributed by atoms with Gasteiger partial charge in [0.25, 0.3) is 6.26 Å².